The predicted octanol–water partition coefficient (Wildman–Crippen LogP) is 5.79. The average Bonchev–Trinajstić information content (AvgIpc) is 3.40. The van der Waals surface area contributed by atoms with Crippen molar-refractivity contribution in [1.82, 2.24) is 4.98 Å². The lowest BCUT2D eigenvalue weighted by Crippen LogP contribution is -2.30. The number of anilines is 2. The van der Waals surface area contributed by atoms with Crippen molar-refractivity contribution in [2.24, 2.45) is 0 Å². The van der Waals surface area contributed by atoms with Crippen LogP contribution in [0.4, 0.5) is 11.4 Å². The smallest absolute Gasteiger partial charge is 0.234 e. The minimum Gasteiger partial charge on any atom is -0.365 e. The molecule has 0 atom stereocenters. The number of thioether (sulfide) groups is 1. The second-order valence-corrected chi connectivity index (χ2v) is 10.3. The van der Waals surface area contributed by atoms with Gasteiger partial charge < -0.3 is 10.2 Å². The van der Waals surface area contributed by atoms with Crippen molar-refractivity contribution in [3.63, 3.8) is 0 Å². The van der Waals surface area contributed by atoms with Crippen LogP contribution >= 0.6 is 34.4 Å². The largest absolute Gasteiger partial charge is 0.365 e. The Hall–Kier alpha value is -2.35. The number of amides is 1. The highest BCUT2D eigenvalue weighted by molar-refractivity contribution is 7.99. The maximum absolute atomic E-state index is 12.6. The molecule has 0 saturated carbocycles. The van der Waals surface area contributed by atoms with Gasteiger partial charge in [-0.2, -0.15) is 0 Å². The molecule has 0 radical (unpaired) electrons. The lowest BCUT2D eigenvalue weighted by molar-refractivity contribution is -0.113. The SMILES string of the molecule is O=C(CSCc1nc2ccccc2s1)Nc1ccccc1N1CCc2sccc2C1. The number of fused-ring (bicyclic) bond motifs is 2. The minimum absolute atomic E-state index is 0.0294. The van der Waals surface area contributed by atoms with Gasteiger partial charge in [-0.1, -0.05) is 24.3 Å². The first-order chi connectivity index (χ1) is 14.8. The van der Waals surface area contributed by atoms with E-state index in [0.29, 0.717) is 5.75 Å². The highest BCUT2D eigenvalue weighted by Crippen LogP contribution is 2.32. The van der Waals surface area contributed by atoms with E-state index in [-0.39, 0.29) is 5.91 Å². The Morgan fingerprint density at radius 2 is 2.00 bits per heavy atom. The van der Waals surface area contributed by atoms with Crippen LogP contribution in [-0.4, -0.2) is 23.2 Å². The van der Waals surface area contributed by atoms with Gasteiger partial charge in [-0.25, -0.2) is 4.98 Å². The fourth-order valence-corrected chi connectivity index (χ4v) is 6.45. The molecular formula is C23H21N3OS3. The molecule has 152 valence electrons. The topological polar surface area (TPSA) is 45.2 Å². The molecule has 3 heterocycles. The summed E-state index contributed by atoms with van der Waals surface area (Å²) >= 11 is 5.15. The molecule has 0 bridgehead atoms. The molecule has 1 aliphatic heterocycles. The van der Waals surface area contributed by atoms with Gasteiger partial charge in [-0.3, -0.25) is 4.79 Å². The number of benzene rings is 2. The summed E-state index contributed by atoms with van der Waals surface area (Å²) in [7, 11) is 0. The summed E-state index contributed by atoms with van der Waals surface area (Å²) in [6.07, 6.45) is 1.06. The highest BCUT2D eigenvalue weighted by atomic mass is 32.2. The first-order valence-electron chi connectivity index (χ1n) is 9.87. The monoisotopic (exact) mass is 451 g/mol. The molecule has 4 aromatic rings. The minimum atomic E-state index is 0.0294. The molecule has 0 spiro atoms. The van der Waals surface area contributed by atoms with Crippen LogP contribution in [0.25, 0.3) is 10.2 Å². The summed E-state index contributed by atoms with van der Waals surface area (Å²) in [5.41, 5.74) is 4.42. The number of rotatable bonds is 6. The number of carbonyl (C=O) groups is 1. The van der Waals surface area contributed by atoms with Gasteiger partial charge >= 0.3 is 0 Å². The second kappa shape index (κ2) is 8.79. The Balaban J connectivity index is 1.20. The average molecular weight is 452 g/mol. The van der Waals surface area contributed by atoms with E-state index in [4.69, 9.17) is 0 Å². The van der Waals surface area contributed by atoms with Crippen LogP contribution in [0.1, 0.15) is 15.4 Å². The van der Waals surface area contributed by atoms with E-state index in [2.05, 4.69) is 38.8 Å². The number of thiophene rings is 1. The van der Waals surface area contributed by atoms with Crippen molar-refractivity contribution < 1.29 is 4.79 Å². The lowest BCUT2D eigenvalue weighted by atomic mass is 10.1. The Bertz CT molecular complexity index is 1150. The third kappa shape index (κ3) is 4.24. The maximum Gasteiger partial charge on any atom is 0.234 e. The summed E-state index contributed by atoms with van der Waals surface area (Å²) in [6, 6.07) is 18.5. The summed E-state index contributed by atoms with van der Waals surface area (Å²) in [4.78, 5) is 21.1. The zero-order valence-electron chi connectivity index (χ0n) is 16.3. The molecule has 1 N–H and O–H groups in total. The maximum atomic E-state index is 12.6. The number of para-hydroxylation sites is 3. The van der Waals surface area contributed by atoms with E-state index in [1.165, 1.54) is 15.1 Å². The molecule has 0 aliphatic carbocycles. The van der Waals surface area contributed by atoms with Gasteiger partial charge in [0.15, 0.2) is 0 Å². The van der Waals surface area contributed by atoms with Gasteiger partial charge in [0.1, 0.15) is 5.01 Å². The molecule has 30 heavy (non-hydrogen) atoms. The first-order valence-corrected chi connectivity index (χ1v) is 12.7. The lowest BCUT2D eigenvalue weighted by Gasteiger charge is -2.30. The number of carbonyl (C=O) groups excluding carboxylic acids is 1. The van der Waals surface area contributed by atoms with Crippen LogP contribution in [0.15, 0.2) is 60.0 Å². The molecule has 0 unspecified atom stereocenters. The Labute approximate surface area is 188 Å². The van der Waals surface area contributed by atoms with Crippen LogP contribution in [0.2, 0.25) is 0 Å². The normalized spacial score (nSPS) is 13.4. The van der Waals surface area contributed by atoms with Crippen LogP contribution in [0.3, 0.4) is 0 Å². The quantitative estimate of drug-likeness (QED) is 0.403. The van der Waals surface area contributed by atoms with Crippen molar-refractivity contribution in [3.05, 3.63) is 75.4 Å². The zero-order valence-corrected chi connectivity index (χ0v) is 18.8. The standard InChI is InChI=1S/C23H21N3OS3/c27-22(14-28-15-23-25-18-6-2-4-8-21(18)30-23)24-17-5-1-3-7-19(17)26-11-9-20-16(13-26)10-12-29-20/h1-8,10,12H,9,11,13-15H2,(H,24,27). The summed E-state index contributed by atoms with van der Waals surface area (Å²) in [5.74, 6) is 1.20. The molecule has 7 heteroatoms. The predicted molar refractivity (Wildman–Crippen MR) is 130 cm³/mol. The zero-order chi connectivity index (χ0) is 20.3. The van der Waals surface area contributed by atoms with E-state index in [1.807, 2.05) is 47.7 Å². The number of nitrogens with one attached hydrogen (secondary N) is 1. The van der Waals surface area contributed by atoms with Gasteiger partial charge in [0.2, 0.25) is 5.91 Å². The molecule has 5 rings (SSSR count). The number of aromatic nitrogens is 1. The fourth-order valence-electron chi connectivity index (χ4n) is 3.71. The third-order valence-electron chi connectivity index (χ3n) is 5.12. The van der Waals surface area contributed by atoms with Crippen LogP contribution in [0, 0.1) is 0 Å². The number of hydrogen-bond donors (Lipinski definition) is 1. The third-order valence-corrected chi connectivity index (χ3v) is 8.31. The van der Waals surface area contributed by atoms with E-state index in [1.54, 1.807) is 23.1 Å². The fraction of sp³-hybridized carbons (Fsp3) is 0.217. The number of hydrogen-bond acceptors (Lipinski definition) is 6. The van der Waals surface area contributed by atoms with Gasteiger partial charge in [-0.15, -0.1) is 34.4 Å². The summed E-state index contributed by atoms with van der Waals surface area (Å²) in [5, 5.41) is 6.36. The van der Waals surface area contributed by atoms with E-state index >= 15 is 0 Å². The van der Waals surface area contributed by atoms with Crippen molar-refractivity contribution in [1.29, 1.82) is 0 Å². The molecule has 1 amide bonds. The van der Waals surface area contributed by atoms with Crippen LogP contribution in [0.5, 0.6) is 0 Å². The van der Waals surface area contributed by atoms with E-state index < -0.39 is 0 Å². The highest BCUT2D eigenvalue weighted by Gasteiger charge is 2.20. The second-order valence-electron chi connectivity index (χ2n) is 7.17. The van der Waals surface area contributed by atoms with Crippen LogP contribution in [-0.2, 0) is 23.5 Å². The Kier molecular flexibility index (Phi) is 5.75. The molecule has 0 fully saturated rings. The van der Waals surface area contributed by atoms with Gasteiger partial charge in [0, 0.05) is 23.7 Å². The van der Waals surface area contributed by atoms with Gasteiger partial charge in [0.25, 0.3) is 0 Å². The molecule has 2 aromatic carbocycles. The number of thiazole rings is 1. The summed E-state index contributed by atoms with van der Waals surface area (Å²) in [6.45, 7) is 1.88. The van der Waals surface area contributed by atoms with Crippen molar-refractivity contribution in [2.45, 2.75) is 18.7 Å². The number of nitrogens with zero attached hydrogens (tertiary/aromatic N) is 2. The van der Waals surface area contributed by atoms with E-state index in [9.17, 15) is 4.79 Å². The molecule has 0 saturated heterocycles. The van der Waals surface area contributed by atoms with Crippen molar-refractivity contribution in [2.75, 3.05) is 22.5 Å². The molecular weight excluding hydrogens is 430 g/mol. The Morgan fingerprint density at radius 3 is 2.93 bits per heavy atom. The molecule has 4 nitrogen and oxygen atoms in total. The molecule has 2 aromatic heterocycles. The van der Waals surface area contributed by atoms with Crippen molar-refractivity contribution >= 4 is 61.9 Å². The van der Waals surface area contributed by atoms with Gasteiger partial charge in [0.05, 0.1) is 27.3 Å². The van der Waals surface area contributed by atoms with E-state index in [0.717, 1.165) is 47.2 Å². The Morgan fingerprint density at radius 1 is 1.13 bits per heavy atom. The first kappa shape index (κ1) is 19.6. The van der Waals surface area contributed by atoms with Gasteiger partial charge in [-0.05, 0) is 47.7 Å². The molecule has 1 aliphatic rings. The van der Waals surface area contributed by atoms with Crippen molar-refractivity contribution in [3.8, 4) is 0 Å². The summed E-state index contributed by atoms with van der Waals surface area (Å²) < 4.78 is 1.20. The van der Waals surface area contributed by atoms with Crippen LogP contribution < -0.4 is 10.2 Å².